The average molecular weight is 275 g/mol. The van der Waals surface area contributed by atoms with Crippen molar-refractivity contribution < 1.29 is 9.18 Å². The largest absolute Gasteiger partial charge is 0.294 e. The molecule has 0 saturated heterocycles. The fourth-order valence-electron chi connectivity index (χ4n) is 2.20. The van der Waals surface area contributed by atoms with E-state index in [1.165, 1.54) is 12.3 Å². The number of carbonyl (C=O) groups excluding carboxylic acids is 1. The van der Waals surface area contributed by atoms with E-state index in [2.05, 4.69) is 23.9 Å². The minimum Gasteiger partial charge on any atom is -0.294 e. The number of hydrogen-bond donors (Lipinski definition) is 0. The van der Waals surface area contributed by atoms with E-state index in [1.807, 2.05) is 16.9 Å². The van der Waals surface area contributed by atoms with Gasteiger partial charge in [0.05, 0.1) is 29.9 Å². The van der Waals surface area contributed by atoms with E-state index in [0.717, 1.165) is 19.0 Å². The minimum atomic E-state index is -0.586. The summed E-state index contributed by atoms with van der Waals surface area (Å²) in [6.45, 7) is 4.21. The number of halogens is 1. The zero-order valence-corrected chi connectivity index (χ0v) is 11.7. The lowest BCUT2D eigenvalue weighted by molar-refractivity contribution is 0.0987. The van der Waals surface area contributed by atoms with Gasteiger partial charge in [0.15, 0.2) is 11.6 Å². The van der Waals surface area contributed by atoms with Crippen LogP contribution in [0.1, 0.15) is 48.8 Å². The zero-order chi connectivity index (χ0) is 14.5. The molecule has 106 valence electrons. The first-order valence-electron chi connectivity index (χ1n) is 6.82. The standard InChI is InChI=1S/C15H18FN3O/c1-3-12(4-2)19-8-6-11(18-19)9-15(20)13-5-7-17-10-14(13)16/h5-8,10,12H,3-4,9H2,1-2H3. The maximum Gasteiger partial charge on any atom is 0.171 e. The number of Topliss-reactive ketones (excluding diaryl/α,β-unsaturated/α-hetero) is 1. The second kappa shape index (κ2) is 6.41. The summed E-state index contributed by atoms with van der Waals surface area (Å²) in [6.07, 6.45) is 6.43. The first-order valence-corrected chi connectivity index (χ1v) is 6.82. The molecule has 0 aliphatic heterocycles. The summed E-state index contributed by atoms with van der Waals surface area (Å²) >= 11 is 0. The molecule has 2 rings (SSSR count). The summed E-state index contributed by atoms with van der Waals surface area (Å²) in [5, 5.41) is 4.41. The number of carbonyl (C=O) groups is 1. The molecule has 4 nitrogen and oxygen atoms in total. The Hall–Kier alpha value is -2.04. The third-order valence-electron chi connectivity index (χ3n) is 3.39. The second-order valence-corrected chi connectivity index (χ2v) is 4.71. The lowest BCUT2D eigenvalue weighted by Gasteiger charge is -2.12. The van der Waals surface area contributed by atoms with Crippen molar-refractivity contribution in [3.05, 3.63) is 47.8 Å². The van der Waals surface area contributed by atoms with Gasteiger partial charge in [-0.1, -0.05) is 13.8 Å². The summed E-state index contributed by atoms with van der Waals surface area (Å²) in [4.78, 5) is 15.7. The highest BCUT2D eigenvalue weighted by Crippen LogP contribution is 2.15. The van der Waals surface area contributed by atoms with Crippen LogP contribution in [-0.2, 0) is 6.42 Å². The van der Waals surface area contributed by atoms with Gasteiger partial charge in [-0.2, -0.15) is 5.10 Å². The van der Waals surface area contributed by atoms with Gasteiger partial charge in [0.25, 0.3) is 0 Å². The van der Waals surface area contributed by atoms with Gasteiger partial charge < -0.3 is 0 Å². The molecule has 0 spiro atoms. The SMILES string of the molecule is CCC(CC)n1ccc(CC(=O)c2ccncc2F)n1. The molecule has 0 unspecified atom stereocenters. The summed E-state index contributed by atoms with van der Waals surface area (Å²) in [5.41, 5.74) is 0.732. The molecule has 0 radical (unpaired) electrons. The Morgan fingerprint density at radius 3 is 2.75 bits per heavy atom. The maximum atomic E-state index is 13.5. The van der Waals surface area contributed by atoms with Gasteiger partial charge in [-0.05, 0) is 25.0 Å². The van der Waals surface area contributed by atoms with Gasteiger partial charge in [0.2, 0.25) is 0 Å². The van der Waals surface area contributed by atoms with Crippen molar-refractivity contribution in [3.8, 4) is 0 Å². The van der Waals surface area contributed by atoms with Crippen LogP contribution in [0.5, 0.6) is 0 Å². The molecule has 0 N–H and O–H groups in total. The molecule has 0 amide bonds. The molecule has 0 bridgehead atoms. The number of pyridine rings is 1. The fraction of sp³-hybridized carbons (Fsp3) is 0.400. The van der Waals surface area contributed by atoms with Crippen molar-refractivity contribution in [2.24, 2.45) is 0 Å². The Kier molecular flexibility index (Phi) is 4.61. The van der Waals surface area contributed by atoms with Crippen molar-refractivity contribution in [1.82, 2.24) is 14.8 Å². The maximum absolute atomic E-state index is 13.5. The van der Waals surface area contributed by atoms with Gasteiger partial charge in [-0.25, -0.2) is 4.39 Å². The number of rotatable bonds is 6. The van der Waals surface area contributed by atoms with E-state index in [9.17, 15) is 9.18 Å². The van der Waals surface area contributed by atoms with Crippen LogP contribution < -0.4 is 0 Å². The Labute approximate surface area is 117 Å². The number of aromatic nitrogens is 3. The van der Waals surface area contributed by atoms with Crippen LogP contribution in [0.2, 0.25) is 0 Å². The molecule has 0 aromatic carbocycles. The molecule has 20 heavy (non-hydrogen) atoms. The van der Waals surface area contributed by atoms with E-state index < -0.39 is 5.82 Å². The van der Waals surface area contributed by atoms with Gasteiger partial charge in [0.1, 0.15) is 0 Å². The second-order valence-electron chi connectivity index (χ2n) is 4.71. The van der Waals surface area contributed by atoms with E-state index in [4.69, 9.17) is 0 Å². The van der Waals surface area contributed by atoms with E-state index in [0.29, 0.717) is 11.7 Å². The third kappa shape index (κ3) is 3.10. The lowest BCUT2D eigenvalue weighted by Crippen LogP contribution is -2.10. The van der Waals surface area contributed by atoms with Crippen LogP contribution in [0.15, 0.2) is 30.7 Å². The van der Waals surface area contributed by atoms with E-state index in [1.54, 1.807) is 0 Å². The zero-order valence-electron chi connectivity index (χ0n) is 11.7. The van der Waals surface area contributed by atoms with Gasteiger partial charge in [-0.3, -0.25) is 14.5 Å². The van der Waals surface area contributed by atoms with Crippen LogP contribution in [0.25, 0.3) is 0 Å². The molecular formula is C15H18FN3O. The Bertz CT molecular complexity index is 590. The van der Waals surface area contributed by atoms with Gasteiger partial charge >= 0.3 is 0 Å². The number of ketones is 1. The van der Waals surface area contributed by atoms with Gasteiger partial charge in [-0.15, -0.1) is 0 Å². The summed E-state index contributed by atoms with van der Waals surface area (Å²) in [7, 11) is 0. The quantitative estimate of drug-likeness (QED) is 0.761. The highest BCUT2D eigenvalue weighted by Gasteiger charge is 2.14. The molecule has 2 aromatic rings. The first-order chi connectivity index (χ1) is 9.65. The Morgan fingerprint density at radius 2 is 2.10 bits per heavy atom. The van der Waals surface area contributed by atoms with Crippen LogP contribution in [0, 0.1) is 5.82 Å². The Morgan fingerprint density at radius 1 is 1.35 bits per heavy atom. The van der Waals surface area contributed by atoms with Crippen LogP contribution in [-0.4, -0.2) is 20.5 Å². The molecule has 0 atom stereocenters. The summed E-state index contributed by atoms with van der Waals surface area (Å²) in [5.74, 6) is -0.864. The van der Waals surface area contributed by atoms with Crippen molar-refractivity contribution in [2.45, 2.75) is 39.2 Å². The molecule has 2 aromatic heterocycles. The fourth-order valence-corrected chi connectivity index (χ4v) is 2.20. The van der Waals surface area contributed by atoms with Crippen molar-refractivity contribution in [1.29, 1.82) is 0 Å². The van der Waals surface area contributed by atoms with Crippen LogP contribution in [0.3, 0.4) is 0 Å². The van der Waals surface area contributed by atoms with Crippen LogP contribution >= 0.6 is 0 Å². The molecule has 2 heterocycles. The first kappa shape index (κ1) is 14.4. The highest BCUT2D eigenvalue weighted by molar-refractivity contribution is 5.97. The monoisotopic (exact) mass is 275 g/mol. The topological polar surface area (TPSA) is 47.8 Å². The van der Waals surface area contributed by atoms with Crippen molar-refractivity contribution in [3.63, 3.8) is 0 Å². The molecule has 0 fully saturated rings. The predicted octanol–water partition coefficient (Wildman–Crippen LogP) is 3.20. The van der Waals surface area contributed by atoms with E-state index >= 15 is 0 Å². The van der Waals surface area contributed by atoms with E-state index in [-0.39, 0.29) is 17.8 Å². The summed E-state index contributed by atoms with van der Waals surface area (Å²) in [6, 6.07) is 3.56. The van der Waals surface area contributed by atoms with Gasteiger partial charge in [0, 0.05) is 12.4 Å². The van der Waals surface area contributed by atoms with Crippen LogP contribution in [0.4, 0.5) is 4.39 Å². The minimum absolute atomic E-state index is 0.0667. The number of hydrogen-bond acceptors (Lipinski definition) is 3. The molecular weight excluding hydrogens is 257 g/mol. The number of nitrogens with zero attached hydrogens (tertiary/aromatic N) is 3. The highest BCUT2D eigenvalue weighted by atomic mass is 19.1. The lowest BCUT2D eigenvalue weighted by atomic mass is 10.1. The van der Waals surface area contributed by atoms with Crippen molar-refractivity contribution >= 4 is 5.78 Å². The smallest absolute Gasteiger partial charge is 0.171 e. The average Bonchev–Trinajstić information content (AvgIpc) is 2.89. The van der Waals surface area contributed by atoms with Crippen molar-refractivity contribution in [2.75, 3.05) is 0 Å². The molecule has 0 saturated carbocycles. The summed E-state index contributed by atoms with van der Waals surface area (Å²) < 4.78 is 15.4. The molecule has 5 heteroatoms. The molecule has 0 aliphatic rings. The normalized spacial score (nSPS) is 11.0. The third-order valence-corrected chi connectivity index (χ3v) is 3.39. The molecule has 0 aliphatic carbocycles. The predicted molar refractivity (Wildman–Crippen MR) is 74.1 cm³/mol. The Balaban J connectivity index is 2.11.